The Morgan fingerprint density at radius 2 is 2.38 bits per heavy atom. The smallest absolute Gasteiger partial charge is 0.163 e. The zero-order chi connectivity index (χ0) is 11.8. The van der Waals surface area contributed by atoms with Crippen molar-refractivity contribution in [3.63, 3.8) is 0 Å². The Morgan fingerprint density at radius 3 is 2.94 bits per heavy atom. The zero-order valence-electron chi connectivity index (χ0n) is 9.60. The Labute approximate surface area is 94.9 Å². The van der Waals surface area contributed by atoms with E-state index in [4.69, 9.17) is 0 Å². The van der Waals surface area contributed by atoms with Gasteiger partial charge in [-0.25, -0.2) is 4.98 Å². The molecule has 4 nitrogen and oxygen atoms in total. The maximum absolute atomic E-state index is 11.5. The maximum atomic E-state index is 11.5. The largest absolute Gasteiger partial charge is 0.388 e. The summed E-state index contributed by atoms with van der Waals surface area (Å²) >= 11 is 0. The van der Waals surface area contributed by atoms with Gasteiger partial charge in [-0.15, -0.1) is 0 Å². The van der Waals surface area contributed by atoms with E-state index in [0.717, 1.165) is 6.54 Å². The van der Waals surface area contributed by atoms with E-state index in [0.29, 0.717) is 24.3 Å². The van der Waals surface area contributed by atoms with Gasteiger partial charge in [0.2, 0.25) is 0 Å². The normalized spacial score (nSPS) is 24.8. The number of Topliss-reactive ketones (excluding diaryl/α,β-unsaturated/α-hetero) is 1. The number of hydrogen-bond donors (Lipinski definition) is 1. The molecule has 1 aliphatic heterocycles. The summed E-state index contributed by atoms with van der Waals surface area (Å²) in [5.41, 5.74) is -0.0498. The summed E-state index contributed by atoms with van der Waals surface area (Å²) in [5, 5.41) is 9.90. The number of aliphatic hydroxyl groups is 1. The van der Waals surface area contributed by atoms with Gasteiger partial charge in [0.1, 0.15) is 5.82 Å². The van der Waals surface area contributed by atoms with Crippen LogP contribution in [-0.4, -0.2) is 34.6 Å². The first kappa shape index (κ1) is 11.1. The summed E-state index contributed by atoms with van der Waals surface area (Å²) in [6, 6.07) is 3.53. The fraction of sp³-hybridized carbons (Fsp3) is 0.500. The number of nitrogens with zero attached hydrogens (tertiary/aromatic N) is 2. The molecule has 1 aliphatic rings. The van der Waals surface area contributed by atoms with Crippen molar-refractivity contribution in [1.29, 1.82) is 0 Å². The Bertz CT molecular complexity index is 415. The third-order valence-electron chi connectivity index (χ3n) is 2.92. The van der Waals surface area contributed by atoms with Crippen LogP contribution in [0.15, 0.2) is 18.3 Å². The third kappa shape index (κ3) is 2.07. The lowest BCUT2D eigenvalue weighted by atomic mass is 10.1. The number of ketones is 1. The van der Waals surface area contributed by atoms with Gasteiger partial charge in [0.15, 0.2) is 5.78 Å². The molecule has 1 aromatic rings. The van der Waals surface area contributed by atoms with E-state index in [1.54, 1.807) is 18.3 Å². The topological polar surface area (TPSA) is 53.4 Å². The van der Waals surface area contributed by atoms with Gasteiger partial charge in [-0.3, -0.25) is 4.79 Å². The van der Waals surface area contributed by atoms with Crippen molar-refractivity contribution in [1.82, 2.24) is 4.98 Å². The number of hydrogen-bond acceptors (Lipinski definition) is 4. The second-order valence-electron chi connectivity index (χ2n) is 4.60. The SMILES string of the molecule is CC(=O)c1cccnc1N1CCC(C)(O)C1. The zero-order valence-corrected chi connectivity index (χ0v) is 9.60. The Morgan fingerprint density at radius 1 is 1.62 bits per heavy atom. The number of rotatable bonds is 2. The van der Waals surface area contributed by atoms with E-state index in [9.17, 15) is 9.90 Å². The lowest BCUT2D eigenvalue weighted by molar-refractivity contribution is 0.0837. The summed E-state index contributed by atoms with van der Waals surface area (Å²) in [5.74, 6) is 0.697. The van der Waals surface area contributed by atoms with Gasteiger partial charge >= 0.3 is 0 Å². The highest BCUT2D eigenvalue weighted by Crippen LogP contribution is 2.27. The maximum Gasteiger partial charge on any atom is 0.163 e. The molecular weight excluding hydrogens is 204 g/mol. The number of carbonyl (C=O) groups excluding carboxylic acids is 1. The van der Waals surface area contributed by atoms with E-state index in [2.05, 4.69) is 4.98 Å². The van der Waals surface area contributed by atoms with E-state index in [1.165, 1.54) is 6.92 Å². The molecule has 0 aromatic carbocycles. The minimum Gasteiger partial charge on any atom is -0.388 e. The van der Waals surface area contributed by atoms with Gasteiger partial charge in [-0.05, 0) is 32.4 Å². The first-order valence-corrected chi connectivity index (χ1v) is 5.43. The predicted octanol–water partition coefficient (Wildman–Crippen LogP) is 1.25. The average molecular weight is 220 g/mol. The molecule has 0 bridgehead atoms. The van der Waals surface area contributed by atoms with Crippen molar-refractivity contribution in [2.45, 2.75) is 25.9 Å². The molecule has 1 fully saturated rings. The molecule has 1 N–H and O–H groups in total. The van der Waals surface area contributed by atoms with Crippen LogP contribution < -0.4 is 4.90 Å². The quantitative estimate of drug-likeness (QED) is 0.762. The molecule has 0 aliphatic carbocycles. The van der Waals surface area contributed by atoms with Crippen LogP contribution in [0.25, 0.3) is 0 Å². The second-order valence-corrected chi connectivity index (χ2v) is 4.60. The molecule has 2 rings (SSSR count). The van der Waals surface area contributed by atoms with Gasteiger partial charge in [0, 0.05) is 19.3 Å². The van der Waals surface area contributed by atoms with E-state index in [1.807, 2.05) is 11.8 Å². The van der Waals surface area contributed by atoms with Crippen molar-refractivity contribution in [3.8, 4) is 0 Å². The number of carbonyl (C=O) groups is 1. The summed E-state index contributed by atoms with van der Waals surface area (Å²) in [7, 11) is 0. The Balaban J connectivity index is 2.31. The Hall–Kier alpha value is -1.42. The first-order valence-electron chi connectivity index (χ1n) is 5.43. The molecule has 4 heteroatoms. The van der Waals surface area contributed by atoms with Crippen LogP contribution in [0.5, 0.6) is 0 Å². The van der Waals surface area contributed by atoms with Crippen LogP contribution >= 0.6 is 0 Å². The highest BCUT2D eigenvalue weighted by atomic mass is 16.3. The minimum atomic E-state index is -0.675. The van der Waals surface area contributed by atoms with Crippen molar-refractivity contribution < 1.29 is 9.90 Å². The first-order chi connectivity index (χ1) is 7.49. The molecular formula is C12H16N2O2. The standard InChI is InChI=1S/C12H16N2O2/c1-9(15)10-4-3-6-13-11(10)14-7-5-12(2,16)8-14/h3-4,6,16H,5,7-8H2,1-2H3. The number of anilines is 1. The fourth-order valence-corrected chi connectivity index (χ4v) is 2.05. The summed E-state index contributed by atoms with van der Waals surface area (Å²) in [4.78, 5) is 17.7. The fourth-order valence-electron chi connectivity index (χ4n) is 2.05. The van der Waals surface area contributed by atoms with Gasteiger partial charge in [0.05, 0.1) is 11.2 Å². The van der Waals surface area contributed by atoms with Gasteiger partial charge in [-0.1, -0.05) is 0 Å². The molecule has 0 saturated carbocycles. The molecule has 1 saturated heterocycles. The molecule has 0 radical (unpaired) electrons. The molecule has 0 amide bonds. The summed E-state index contributed by atoms with van der Waals surface area (Å²) in [6.07, 6.45) is 2.38. The van der Waals surface area contributed by atoms with Crippen molar-refractivity contribution in [3.05, 3.63) is 23.9 Å². The van der Waals surface area contributed by atoms with Crippen LogP contribution in [0, 0.1) is 0 Å². The van der Waals surface area contributed by atoms with Crippen molar-refractivity contribution >= 4 is 11.6 Å². The predicted molar refractivity (Wildman–Crippen MR) is 61.7 cm³/mol. The monoisotopic (exact) mass is 220 g/mol. The van der Waals surface area contributed by atoms with Crippen LogP contribution in [0.2, 0.25) is 0 Å². The molecule has 86 valence electrons. The molecule has 1 unspecified atom stereocenters. The van der Waals surface area contributed by atoms with E-state index >= 15 is 0 Å². The average Bonchev–Trinajstić information content (AvgIpc) is 2.59. The summed E-state index contributed by atoms with van der Waals surface area (Å²) in [6.45, 7) is 4.62. The van der Waals surface area contributed by atoms with E-state index < -0.39 is 5.60 Å². The second kappa shape index (κ2) is 3.87. The highest BCUT2D eigenvalue weighted by Gasteiger charge is 2.33. The lowest BCUT2D eigenvalue weighted by Gasteiger charge is -2.21. The third-order valence-corrected chi connectivity index (χ3v) is 2.92. The number of β-amino-alcohol motifs (C(OH)–C–C–N with tert-alkyl or cyclic N) is 1. The molecule has 2 heterocycles. The van der Waals surface area contributed by atoms with Crippen molar-refractivity contribution in [2.75, 3.05) is 18.0 Å². The van der Waals surface area contributed by atoms with Crippen LogP contribution in [-0.2, 0) is 0 Å². The Kier molecular flexibility index (Phi) is 2.68. The molecule has 16 heavy (non-hydrogen) atoms. The van der Waals surface area contributed by atoms with Crippen LogP contribution in [0.4, 0.5) is 5.82 Å². The molecule has 1 atom stereocenters. The van der Waals surface area contributed by atoms with Crippen molar-refractivity contribution in [2.24, 2.45) is 0 Å². The van der Waals surface area contributed by atoms with Gasteiger partial charge in [0.25, 0.3) is 0 Å². The van der Waals surface area contributed by atoms with Gasteiger partial charge in [-0.2, -0.15) is 0 Å². The van der Waals surface area contributed by atoms with Gasteiger partial charge < -0.3 is 10.0 Å². The minimum absolute atomic E-state index is 0.00893. The molecule has 1 aromatic heterocycles. The van der Waals surface area contributed by atoms with Crippen LogP contribution in [0.1, 0.15) is 30.6 Å². The summed E-state index contributed by atoms with van der Waals surface area (Å²) < 4.78 is 0. The highest BCUT2D eigenvalue weighted by molar-refractivity contribution is 5.98. The number of aromatic nitrogens is 1. The molecule has 0 spiro atoms. The number of pyridine rings is 1. The lowest BCUT2D eigenvalue weighted by Crippen LogP contribution is -2.30. The van der Waals surface area contributed by atoms with Crippen LogP contribution in [0.3, 0.4) is 0 Å². The van der Waals surface area contributed by atoms with E-state index in [-0.39, 0.29) is 5.78 Å².